The van der Waals surface area contributed by atoms with E-state index in [-0.39, 0.29) is 5.56 Å². The van der Waals surface area contributed by atoms with Crippen molar-refractivity contribution >= 4 is 0 Å². The van der Waals surface area contributed by atoms with Gasteiger partial charge in [-0.05, 0) is 37.9 Å². The summed E-state index contributed by atoms with van der Waals surface area (Å²) in [7, 11) is 0. The summed E-state index contributed by atoms with van der Waals surface area (Å²) in [5.41, 5.74) is 1.90. The molecule has 0 aromatic carbocycles. The number of H-pyrrole nitrogens is 1. The van der Waals surface area contributed by atoms with E-state index >= 15 is 0 Å². The summed E-state index contributed by atoms with van der Waals surface area (Å²) in [6.07, 6.45) is 5.53. The van der Waals surface area contributed by atoms with E-state index in [0.29, 0.717) is 30.4 Å². The second kappa shape index (κ2) is 6.45. The van der Waals surface area contributed by atoms with Crippen molar-refractivity contribution in [3.05, 3.63) is 52.2 Å². The Kier molecular flexibility index (Phi) is 3.93. The fraction of sp³-hybridized carbons (Fsp3) is 0.474. The van der Waals surface area contributed by atoms with Crippen molar-refractivity contribution in [3.8, 4) is 11.4 Å². The number of aryl methyl sites for hydroxylation is 3. The van der Waals surface area contributed by atoms with E-state index in [1.165, 1.54) is 6.42 Å². The number of hydrogen-bond acceptors (Lipinski definition) is 5. The van der Waals surface area contributed by atoms with Crippen LogP contribution in [0.15, 0.2) is 29.3 Å². The molecule has 0 amide bonds. The predicted molar refractivity (Wildman–Crippen MR) is 100 cm³/mol. The van der Waals surface area contributed by atoms with E-state index in [1.54, 1.807) is 6.20 Å². The summed E-state index contributed by atoms with van der Waals surface area (Å²) in [5.74, 6) is 3.28. The summed E-state index contributed by atoms with van der Waals surface area (Å²) in [6.45, 7) is 5.32. The molecule has 8 heteroatoms. The Morgan fingerprint density at radius 3 is 3.07 bits per heavy atom. The molecule has 1 saturated heterocycles. The van der Waals surface area contributed by atoms with Crippen LogP contribution in [-0.4, -0.2) is 42.4 Å². The van der Waals surface area contributed by atoms with Crippen LogP contribution >= 0.6 is 0 Å². The number of nitrogens with zero attached hydrogens (tertiary/aromatic N) is 5. The summed E-state index contributed by atoms with van der Waals surface area (Å²) in [5, 5.41) is 10.5. The van der Waals surface area contributed by atoms with Crippen LogP contribution in [0.1, 0.15) is 29.7 Å². The SMILES string of the molecule is Cc1nc(CCn2ccnc2-c2ccc3n(c2=O)C[C@@H]2CNC[C@H]3C2)n[nH]1. The van der Waals surface area contributed by atoms with Crippen molar-refractivity contribution in [3.63, 3.8) is 0 Å². The molecule has 1 fully saturated rings. The normalized spacial score (nSPS) is 21.2. The molecule has 5 rings (SSSR count). The number of fused-ring (bicyclic) bond motifs is 4. The van der Waals surface area contributed by atoms with Crippen LogP contribution in [0.4, 0.5) is 0 Å². The van der Waals surface area contributed by atoms with Gasteiger partial charge in [-0.3, -0.25) is 9.89 Å². The Morgan fingerprint density at radius 1 is 1.30 bits per heavy atom. The topological polar surface area (TPSA) is 93.4 Å². The summed E-state index contributed by atoms with van der Waals surface area (Å²) >= 11 is 0. The molecule has 0 spiro atoms. The molecule has 140 valence electrons. The minimum atomic E-state index is 0.0743. The number of aromatic nitrogens is 6. The minimum absolute atomic E-state index is 0.0743. The van der Waals surface area contributed by atoms with E-state index in [1.807, 2.05) is 28.3 Å². The van der Waals surface area contributed by atoms with Crippen molar-refractivity contribution in [2.75, 3.05) is 13.1 Å². The molecule has 0 unspecified atom stereocenters. The average Bonchev–Trinajstić information content (AvgIpc) is 3.30. The van der Waals surface area contributed by atoms with Crippen LogP contribution in [0.25, 0.3) is 11.4 Å². The first-order valence-corrected chi connectivity index (χ1v) is 9.53. The van der Waals surface area contributed by atoms with Crippen LogP contribution in [0.2, 0.25) is 0 Å². The van der Waals surface area contributed by atoms with Gasteiger partial charge in [-0.1, -0.05) is 0 Å². The Morgan fingerprint density at radius 2 is 2.22 bits per heavy atom. The zero-order valence-electron chi connectivity index (χ0n) is 15.4. The second-order valence-electron chi connectivity index (χ2n) is 7.58. The molecule has 0 aliphatic carbocycles. The molecule has 0 radical (unpaired) electrons. The van der Waals surface area contributed by atoms with Gasteiger partial charge in [-0.2, -0.15) is 5.10 Å². The number of rotatable bonds is 4. The first kappa shape index (κ1) is 16.4. The Bertz CT molecular complexity index is 1030. The maximum absolute atomic E-state index is 13.2. The Labute approximate surface area is 156 Å². The highest BCUT2D eigenvalue weighted by molar-refractivity contribution is 5.54. The maximum atomic E-state index is 13.2. The van der Waals surface area contributed by atoms with Gasteiger partial charge in [-0.15, -0.1) is 0 Å². The molecule has 3 aromatic heterocycles. The van der Waals surface area contributed by atoms with Gasteiger partial charge in [0.15, 0.2) is 5.82 Å². The van der Waals surface area contributed by atoms with Crippen LogP contribution < -0.4 is 10.9 Å². The van der Waals surface area contributed by atoms with E-state index in [0.717, 1.165) is 42.8 Å². The lowest BCUT2D eigenvalue weighted by Gasteiger charge is -2.37. The van der Waals surface area contributed by atoms with Crippen LogP contribution in [-0.2, 0) is 19.5 Å². The number of nitrogens with one attached hydrogen (secondary N) is 2. The van der Waals surface area contributed by atoms with Gasteiger partial charge in [0.2, 0.25) is 0 Å². The monoisotopic (exact) mass is 365 g/mol. The van der Waals surface area contributed by atoms with Gasteiger partial charge in [0.25, 0.3) is 5.56 Å². The average molecular weight is 365 g/mol. The van der Waals surface area contributed by atoms with Gasteiger partial charge in [0.1, 0.15) is 11.6 Å². The van der Waals surface area contributed by atoms with Crippen molar-refractivity contribution in [2.45, 2.75) is 38.8 Å². The minimum Gasteiger partial charge on any atom is -0.330 e. The quantitative estimate of drug-likeness (QED) is 0.722. The third kappa shape index (κ3) is 2.90. The number of pyridine rings is 1. The molecule has 5 heterocycles. The molecule has 8 nitrogen and oxygen atoms in total. The number of hydrogen-bond donors (Lipinski definition) is 2. The third-order valence-electron chi connectivity index (χ3n) is 5.68. The highest BCUT2D eigenvalue weighted by Gasteiger charge is 2.31. The van der Waals surface area contributed by atoms with Crippen LogP contribution in [0, 0.1) is 12.8 Å². The van der Waals surface area contributed by atoms with Gasteiger partial charge < -0.3 is 14.5 Å². The predicted octanol–water partition coefficient (Wildman–Crippen LogP) is 1.09. The molecule has 3 aromatic rings. The molecule has 27 heavy (non-hydrogen) atoms. The fourth-order valence-corrected chi connectivity index (χ4v) is 4.42. The summed E-state index contributed by atoms with van der Waals surface area (Å²) in [6, 6.07) is 4.06. The zero-order valence-corrected chi connectivity index (χ0v) is 15.4. The first-order valence-electron chi connectivity index (χ1n) is 9.53. The van der Waals surface area contributed by atoms with Gasteiger partial charge in [-0.25, -0.2) is 9.97 Å². The van der Waals surface area contributed by atoms with E-state index in [2.05, 4.69) is 31.5 Å². The third-order valence-corrected chi connectivity index (χ3v) is 5.68. The highest BCUT2D eigenvalue weighted by Crippen LogP contribution is 2.32. The molecule has 0 saturated carbocycles. The number of piperidine rings is 1. The summed E-state index contributed by atoms with van der Waals surface area (Å²) in [4.78, 5) is 22.1. The smallest absolute Gasteiger partial charge is 0.261 e. The van der Waals surface area contributed by atoms with E-state index < -0.39 is 0 Å². The molecule has 2 atom stereocenters. The largest absolute Gasteiger partial charge is 0.330 e. The lowest BCUT2D eigenvalue weighted by molar-refractivity contribution is 0.257. The van der Waals surface area contributed by atoms with E-state index in [4.69, 9.17) is 0 Å². The van der Waals surface area contributed by atoms with Crippen molar-refractivity contribution < 1.29 is 0 Å². The zero-order chi connectivity index (χ0) is 18.4. The van der Waals surface area contributed by atoms with Crippen molar-refractivity contribution in [1.82, 2.24) is 34.6 Å². The highest BCUT2D eigenvalue weighted by atomic mass is 16.1. The van der Waals surface area contributed by atoms with Crippen LogP contribution in [0.3, 0.4) is 0 Å². The molecular weight excluding hydrogens is 342 g/mol. The molecule has 2 bridgehead atoms. The molecule has 2 aliphatic heterocycles. The van der Waals surface area contributed by atoms with Gasteiger partial charge in [0, 0.05) is 50.1 Å². The standard InChI is InChI=1S/C19H23N7O/c1-12-22-17(24-23-12)4-6-25-7-5-21-18(25)15-2-3-16-14-8-13(9-20-10-14)11-26(16)19(15)27/h2-3,5,7,13-14,20H,4,6,8-11H2,1H3,(H,22,23,24)/t13-,14+/m0/s1. The number of imidazole rings is 1. The fourth-order valence-electron chi connectivity index (χ4n) is 4.42. The maximum Gasteiger partial charge on any atom is 0.261 e. The Hall–Kier alpha value is -2.74. The molecular formula is C19H23N7O. The van der Waals surface area contributed by atoms with Gasteiger partial charge >= 0.3 is 0 Å². The van der Waals surface area contributed by atoms with Crippen molar-refractivity contribution in [1.29, 1.82) is 0 Å². The van der Waals surface area contributed by atoms with Crippen LogP contribution in [0.5, 0.6) is 0 Å². The first-order chi connectivity index (χ1) is 13.2. The second-order valence-corrected chi connectivity index (χ2v) is 7.58. The molecule has 2 aliphatic rings. The number of aromatic amines is 1. The van der Waals surface area contributed by atoms with Gasteiger partial charge in [0.05, 0.1) is 5.56 Å². The lowest BCUT2D eigenvalue weighted by atomic mass is 9.84. The summed E-state index contributed by atoms with van der Waals surface area (Å²) < 4.78 is 3.99. The Balaban J connectivity index is 1.47. The van der Waals surface area contributed by atoms with Crippen molar-refractivity contribution in [2.24, 2.45) is 5.92 Å². The lowest BCUT2D eigenvalue weighted by Crippen LogP contribution is -2.45. The van der Waals surface area contributed by atoms with E-state index in [9.17, 15) is 4.79 Å². The molecule has 2 N–H and O–H groups in total.